The van der Waals surface area contributed by atoms with Crippen LogP contribution in [0.4, 0.5) is 0 Å². The molecule has 0 spiro atoms. The molecule has 4 fully saturated rings. The third-order valence-electron chi connectivity index (χ3n) is 9.90. The van der Waals surface area contributed by atoms with Crippen LogP contribution in [0.15, 0.2) is 0 Å². The van der Waals surface area contributed by atoms with E-state index in [9.17, 15) is 86.8 Å². The molecule has 0 amide bonds. The Balaban J connectivity index is 1.33. The van der Waals surface area contributed by atoms with Gasteiger partial charge in [0.15, 0.2) is 25.2 Å². The molecule has 4 aliphatic heterocycles. The second kappa shape index (κ2) is 21.0. The van der Waals surface area contributed by atoms with Crippen molar-refractivity contribution >= 4 is 0 Å². The van der Waals surface area contributed by atoms with Crippen LogP contribution in [0.1, 0.15) is 0 Å². The van der Waals surface area contributed by atoms with Gasteiger partial charge in [-0.1, -0.05) is 0 Å². The molecule has 4 aliphatic rings. The highest BCUT2D eigenvalue weighted by Gasteiger charge is 2.52. The van der Waals surface area contributed by atoms with Crippen molar-refractivity contribution in [1.82, 2.24) is 0 Å². The Morgan fingerprint density at radius 2 is 0.768 bits per heavy atom. The van der Waals surface area contributed by atoms with Gasteiger partial charge >= 0.3 is 0 Å². The number of aliphatic hydroxyl groups is 18. The molecule has 0 radical (unpaired) electrons. The van der Waals surface area contributed by atoms with Crippen molar-refractivity contribution in [2.45, 2.75) is 147 Å². The van der Waals surface area contributed by atoms with E-state index in [2.05, 4.69) is 0 Å². The van der Waals surface area contributed by atoms with Gasteiger partial charge in [-0.05, 0) is 0 Å². The lowest BCUT2D eigenvalue weighted by Crippen LogP contribution is -2.65. The van der Waals surface area contributed by atoms with Crippen molar-refractivity contribution in [3.8, 4) is 0 Å². The highest BCUT2D eigenvalue weighted by atomic mass is 16.8. The Hall–Kier alpha value is -1.04. The van der Waals surface area contributed by atoms with Gasteiger partial charge in [-0.25, -0.2) is 0 Å². The zero-order chi connectivity index (χ0) is 41.8. The highest BCUT2D eigenvalue weighted by molar-refractivity contribution is 4.96. The predicted octanol–water partition coefficient (Wildman–Crippen LogP) is -12.3. The van der Waals surface area contributed by atoms with Gasteiger partial charge in [-0.2, -0.15) is 0 Å². The van der Waals surface area contributed by atoms with Gasteiger partial charge in [0.2, 0.25) is 0 Å². The fraction of sp³-hybridized carbons (Fsp3) is 1.00. The van der Waals surface area contributed by atoms with E-state index < -0.39 is 187 Å². The molecule has 26 nitrogen and oxygen atoms in total. The van der Waals surface area contributed by atoms with Crippen molar-refractivity contribution in [2.24, 2.45) is 0 Å². The summed E-state index contributed by atoms with van der Waals surface area (Å²) in [7, 11) is 0. The lowest BCUT2D eigenvalue weighted by Gasteiger charge is -2.46. The summed E-state index contributed by atoms with van der Waals surface area (Å²) in [5.41, 5.74) is 0. The summed E-state index contributed by atoms with van der Waals surface area (Å²) in [6.07, 6.45) is -43.6. The van der Waals surface area contributed by atoms with E-state index in [1.165, 1.54) is 0 Å². The quantitative estimate of drug-likeness (QED) is 0.0647. The van der Waals surface area contributed by atoms with Crippen molar-refractivity contribution in [3.63, 3.8) is 0 Å². The molecule has 26 heteroatoms. The molecule has 4 saturated heterocycles. The molecule has 0 bridgehead atoms. The van der Waals surface area contributed by atoms with E-state index >= 15 is 0 Å². The maximum atomic E-state index is 10.8. The third kappa shape index (κ3) is 10.6. The third-order valence-corrected chi connectivity index (χ3v) is 9.90. The normalized spacial score (nSPS) is 47.2. The van der Waals surface area contributed by atoms with Crippen LogP contribution in [0.25, 0.3) is 0 Å². The predicted molar refractivity (Wildman–Crippen MR) is 169 cm³/mol. The van der Waals surface area contributed by atoms with E-state index in [0.29, 0.717) is 0 Å². The molecule has 0 unspecified atom stereocenters. The van der Waals surface area contributed by atoms with E-state index in [1.54, 1.807) is 0 Å². The minimum absolute atomic E-state index is 0.753. The molecule has 4 rings (SSSR count). The first kappa shape index (κ1) is 47.6. The zero-order valence-electron chi connectivity index (χ0n) is 29.4. The molecule has 330 valence electrons. The molecule has 0 aromatic carbocycles. The van der Waals surface area contributed by atoms with E-state index in [0.717, 1.165) is 0 Å². The van der Waals surface area contributed by atoms with Crippen LogP contribution in [0.2, 0.25) is 0 Å². The average molecular weight is 831 g/mol. The molecule has 0 saturated carbocycles. The summed E-state index contributed by atoms with van der Waals surface area (Å²) >= 11 is 0. The van der Waals surface area contributed by atoms with Crippen LogP contribution in [0.5, 0.6) is 0 Å². The monoisotopic (exact) mass is 830 g/mol. The Morgan fingerprint density at radius 3 is 1.23 bits per heavy atom. The van der Waals surface area contributed by atoms with Crippen LogP contribution in [0, 0.1) is 0 Å². The number of aliphatic hydroxyl groups excluding tert-OH is 18. The van der Waals surface area contributed by atoms with Gasteiger partial charge in [-0.15, -0.1) is 0 Å². The lowest BCUT2D eigenvalue weighted by molar-refractivity contribution is -0.365. The Morgan fingerprint density at radius 1 is 0.393 bits per heavy atom. The second-order valence-corrected chi connectivity index (χ2v) is 13.8. The standard InChI is InChI=1S/C30H54O26/c31-1-7(34)13(36)14(37)8(35)4-49-27-22(45)19(42)16(39)11(54-27)5-50-28-23(46)20(43)17(40)12(55-28)6-51-29-25(48)21(44)26(10(3-33)53-29)56-30-24(47)18(41)15(38)9(2-32)52-30/h7-48H,1-6H2/t7-,8+,9+,10+,11+,12+,13+,14+,15+,16-,17+,18-,19-,20-,21+,22+,23+,24+,25+,26+,27-,28-,29+,30-/m0/s1. The average Bonchev–Trinajstić information content (AvgIpc) is 3.19. The summed E-state index contributed by atoms with van der Waals surface area (Å²) < 4.78 is 43.3. The summed E-state index contributed by atoms with van der Waals surface area (Å²) in [4.78, 5) is 0. The van der Waals surface area contributed by atoms with Crippen molar-refractivity contribution in [1.29, 1.82) is 0 Å². The summed E-state index contributed by atoms with van der Waals surface area (Å²) in [6, 6.07) is 0. The van der Waals surface area contributed by atoms with Gasteiger partial charge < -0.3 is 130 Å². The summed E-state index contributed by atoms with van der Waals surface area (Å²) in [5.74, 6) is 0. The van der Waals surface area contributed by atoms with Crippen molar-refractivity contribution < 1.29 is 130 Å². The first-order chi connectivity index (χ1) is 26.4. The van der Waals surface area contributed by atoms with Crippen molar-refractivity contribution in [2.75, 3.05) is 39.6 Å². The fourth-order valence-corrected chi connectivity index (χ4v) is 6.31. The van der Waals surface area contributed by atoms with Gasteiger partial charge in [0.05, 0.1) is 39.6 Å². The van der Waals surface area contributed by atoms with Crippen LogP contribution in [-0.2, 0) is 37.9 Å². The Kier molecular flexibility index (Phi) is 17.8. The second-order valence-electron chi connectivity index (χ2n) is 13.8. The van der Waals surface area contributed by atoms with Crippen LogP contribution < -0.4 is 0 Å². The van der Waals surface area contributed by atoms with E-state index in [-0.39, 0.29) is 0 Å². The number of hydrogen-bond donors (Lipinski definition) is 18. The topological polar surface area (TPSA) is 438 Å². The van der Waals surface area contributed by atoms with Crippen LogP contribution >= 0.6 is 0 Å². The maximum Gasteiger partial charge on any atom is 0.187 e. The molecular formula is C30H54O26. The first-order valence-corrected chi connectivity index (χ1v) is 17.5. The van der Waals surface area contributed by atoms with Gasteiger partial charge in [-0.3, -0.25) is 0 Å². The maximum absolute atomic E-state index is 10.8. The fourth-order valence-electron chi connectivity index (χ4n) is 6.31. The molecule has 24 atom stereocenters. The molecule has 0 aromatic heterocycles. The smallest absolute Gasteiger partial charge is 0.187 e. The van der Waals surface area contributed by atoms with Crippen molar-refractivity contribution in [3.05, 3.63) is 0 Å². The number of hydrogen-bond acceptors (Lipinski definition) is 26. The molecule has 0 aliphatic carbocycles. The molecule has 0 aromatic rings. The minimum Gasteiger partial charge on any atom is -0.394 e. The van der Waals surface area contributed by atoms with E-state index in [4.69, 9.17) is 43.0 Å². The summed E-state index contributed by atoms with van der Waals surface area (Å²) in [5, 5.41) is 182. The highest BCUT2D eigenvalue weighted by Crippen LogP contribution is 2.31. The lowest BCUT2D eigenvalue weighted by atomic mass is 9.97. The molecule has 4 heterocycles. The largest absolute Gasteiger partial charge is 0.394 e. The summed E-state index contributed by atoms with van der Waals surface area (Å²) in [6.45, 7) is -5.02. The van der Waals surface area contributed by atoms with Gasteiger partial charge in [0.25, 0.3) is 0 Å². The minimum atomic E-state index is -2.04. The van der Waals surface area contributed by atoms with Crippen LogP contribution in [0.3, 0.4) is 0 Å². The number of rotatable bonds is 17. The zero-order valence-corrected chi connectivity index (χ0v) is 29.4. The SMILES string of the molecule is OC[C@H](O)[C@@H](O)[C@H](O)[C@H](O)CO[C@H]1O[C@H](CO[C@H]2O[C@H](CO[C@@H]3O[C@H](CO)[C@@H](O[C@@H]4O[C@H](CO)[C@@H](O)[C@H](O)[C@H]4O)[C@H](O)[C@H]3O)[C@@H](O)[C@H](O)[C@H]2O)[C@H](O)[C@H](O)[C@H]1O. The van der Waals surface area contributed by atoms with E-state index in [1.807, 2.05) is 0 Å². The molecule has 18 N–H and O–H groups in total. The van der Waals surface area contributed by atoms with Gasteiger partial charge in [0, 0.05) is 0 Å². The van der Waals surface area contributed by atoms with Crippen LogP contribution in [-0.4, -0.2) is 279 Å². The molecular weight excluding hydrogens is 776 g/mol. The van der Waals surface area contributed by atoms with Gasteiger partial charge in [0.1, 0.15) is 122 Å². The first-order valence-electron chi connectivity index (χ1n) is 17.5. The Bertz CT molecular complexity index is 1160. The molecule has 56 heavy (non-hydrogen) atoms. The number of ether oxygens (including phenoxy) is 8. The Labute approximate surface area is 317 Å².